The van der Waals surface area contributed by atoms with Crippen LogP contribution in [0.25, 0.3) is 0 Å². The third kappa shape index (κ3) is 3.83. The van der Waals surface area contributed by atoms with E-state index in [4.69, 9.17) is 4.74 Å². The minimum Gasteiger partial charge on any atom is -0.378 e. The van der Waals surface area contributed by atoms with E-state index in [-0.39, 0.29) is 5.56 Å². The summed E-state index contributed by atoms with van der Waals surface area (Å²) < 4.78 is 41.6. The quantitative estimate of drug-likeness (QED) is 0.909. The van der Waals surface area contributed by atoms with Crippen molar-refractivity contribution in [3.8, 4) is 0 Å². The number of carbonyl (C=O) groups is 1. The highest BCUT2D eigenvalue weighted by molar-refractivity contribution is 5.98. The van der Waals surface area contributed by atoms with Crippen molar-refractivity contribution < 1.29 is 22.7 Å². The van der Waals surface area contributed by atoms with E-state index in [2.05, 4.69) is 4.98 Å². The third-order valence-electron chi connectivity index (χ3n) is 2.79. The molecule has 2 rings (SSSR count). The van der Waals surface area contributed by atoms with Gasteiger partial charge in [0.2, 0.25) is 0 Å². The van der Waals surface area contributed by atoms with Gasteiger partial charge in [-0.1, -0.05) is 0 Å². The van der Waals surface area contributed by atoms with E-state index in [1.165, 1.54) is 18.3 Å². The van der Waals surface area contributed by atoms with E-state index in [1.807, 2.05) is 10.2 Å². The molecule has 0 bridgehead atoms. The normalized spacial score (nSPS) is 16.1. The number of nitrogens with one attached hydrogen (secondary N) is 1. The lowest BCUT2D eigenvalue weighted by molar-refractivity contribution is -0.123. The third-order valence-corrected chi connectivity index (χ3v) is 2.79. The Morgan fingerprint density at radius 1 is 1.40 bits per heavy atom. The zero-order valence-corrected chi connectivity index (χ0v) is 10.6. The lowest BCUT2D eigenvalue weighted by Crippen LogP contribution is -2.39. The maximum absolute atomic E-state index is 12.1. The molecule has 5 nitrogen and oxygen atoms in total. The minimum atomic E-state index is -4.43. The maximum Gasteiger partial charge on any atom is 0.405 e. The average Bonchev–Trinajstić information content (AvgIpc) is 2.45. The molecule has 1 aliphatic rings. The van der Waals surface area contributed by atoms with Crippen molar-refractivity contribution in [2.24, 2.45) is 0 Å². The fraction of sp³-hybridized carbons (Fsp3) is 0.500. The summed E-state index contributed by atoms with van der Waals surface area (Å²) in [5.74, 6) is -0.396. The molecule has 2 heterocycles. The second-order valence-electron chi connectivity index (χ2n) is 4.27. The van der Waals surface area contributed by atoms with E-state index in [0.717, 1.165) is 0 Å². The van der Waals surface area contributed by atoms with E-state index in [9.17, 15) is 18.0 Å². The molecule has 0 aliphatic carbocycles. The number of amides is 1. The Kier molecular flexibility index (Phi) is 4.43. The Bertz CT molecular complexity index is 473. The Hall–Kier alpha value is -1.83. The number of carbonyl (C=O) groups excluding carboxylic acids is 1. The molecule has 1 fully saturated rings. The predicted octanol–water partition coefficient (Wildman–Crippen LogP) is 1.21. The summed E-state index contributed by atoms with van der Waals surface area (Å²) in [6, 6.07) is 2.98. The van der Waals surface area contributed by atoms with Gasteiger partial charge in [0.05, 0.1) is 18.8 Å². The fourth-order valence-electron chi connectivity index (χ4n) is 1.88. The first kappa shape index (κ1) is 14.6. The summed E-state index contributed by atoms with van der Waals surface area (Å²) in [4.78, 5) is 17.8. The molecule has 1 amide bonds. The second kappa shape index (κ2) is 6.08. The summed E-state index contributed by atoms with van der Waals surface area (Å²) in [5.41, 5.74) is 0.138. The monoisotopic (exact) mass is 289 g/mol. The fourth-order valence-corrected chi connectivity index (χ4v) is 1.88. The molecule has 1 aromatic heterocycles. The molecule has 1 saturated heterocycles. The number of nitrogens with zero attached hydrogens (tertiary/aromatic N) is 2. The molecule has 1 N–H and O–H groups in total. The Balaban J connectivity index is 2.12. The number of halogens is 3. The van der Waals surface area contributed by atoms with Crippen molar-refractivity contribution in [3.05, 3.63) is 23.9 Å². The molecule has 0 unspecified atom stereocenters. The molecule has 0 atom stereocenters. The molecular formula is C12H14F3N3O2. The van der Waals surface area contributed by atoms with Crippen molar-refractivity contribution >= 4 is 11.7 Å². The number of pyridine rings is 1. The summed E-state index contributed by atoms with van der Waals surface area (Å²) in [6.45, 7) is 0.747. The molecule has 20 heavy (non-hydrogen) atoms. The highest BCUT2D eigenvalue weighted by Gasteiger charge is 2.29. The van der Waals surface area contributed by atoms with E-state index >= 15 is 0 Å². The summed E-state index contributed by atoms with van der Waals surface area (Å²) in [7, 11) is 0. The van der Waals surface area contributed by atoms with Gasteiger partial charge in [0.15, 0.2) is 0 Å². The summed E-state index contributed by atoms with van der Waals surface area (Å²) in [5, 5.41) is 1.86. The molecule has 8 heteroatoms. The lowest BCUT2D eigenvalue weighted by Gasteiger charge is -2.29. The van der Waals surface area contributed by atoms with Crippen LogP contribution in [0.5, 0.6) is 0 Å². The molecule has 110 valence electrons. The van der Waals surface area contributed by atoms with Crippen molar-refractivity contribution in [2.45, 2.75) is 6.18 Å². The lowest BCUT2D eigenvalue weighted by atomic mass is 10.2. The first-order valence-corrected chi connectivity index (χ1v) is 6.10. The van der Waals surface area contributed by atoms with Gasteiger partial charge in [0, 0.05) is 19.3 Å². The standard InChI is InChI=1S/C12H14F3N3O2/c13-12(14,15)8-17-11(19)9-2-1-3-16-10(9)18-4-6-20-7-5-18/h1-3H,4-8H2,(H,17,19). The van der Waals surface area contributed by atoms with Crippen molar-refractivity contribution in [1.82, 2.24) is 10.3 Å². The van der Waals surface area contributed by atoms with Crippen molar-refractivity contribution in [1.29, 1.82) is 0 Å². The van der Waals surface area contributed by atoms with Crippen LogP contribution in [0.2, 0.25) is 0 Å². The highest BCUT2D eigenvalue weighted by atomic mass is 19.4. The van der Waals surface area contributed by atoms with E-state index < -0.39 is 18.6 Å². The van der Waals surface area contributed by atoms with E-state index in [1.54, 1.807) is 0 Å². The van der Waals surface area contributed by atoms with Crippen LogP contribution >= 0.6 is 0 Å². The van der Waals surface area contributed by atoms with Crippen LogP contribution in [0.4, 0.5) is 19.0 Å². The first-order chi connectivity index (χ1) is 9.47. The van der Waals surface area contributed by atoms with Gasteiger partial charge in [-0.15, -0.1) is 0 Å². The van der Waals surface area contributed by atoms with Crippen LogP contribution in [-0.2, 0) is 4.74 Å². The predicted molar refractivity (Wildman–Crippen MR) is 65.7 cm³/mol. The molecule has 1 aromatic rings. The molecule has 0 radical (unpaired) electrons. The van der Waals surface area contributed by atoms with Crippen LogP contribution < -0.4 is 10.2 Å². The van der Waals surface area contributed by atoms with Gasteiger partial charge in [-0.3, -0.25) is 4.79 Å². The van der Waals surface area contributed by atoms with Crippen LogP contribution in [0, 0.1) is 0 Å². The SMILES string of the molecule is O=C(NCC(F)(F)F)c1cccnc1N1CCOCC1. The van der Waals surface area contributed by atoms with Crippen molar-refractivity contribution in [2.75, 3.05) is 37.7 Å². The van der Waals surface area contributed by atoms with Gasteiger partial charge >= 0.3 is 6.18 Å². The number of rotatable bonds is 3. The Labute approximate surface area is 113 Å². The molecule has 0 aromatic carbocycles. The van der Waals surface area contributed by atoms with Crippen LogP contribution in [0.15, 0.2) is 18.3 Å². The Morgan fingerprint density at radius 2 is 2.10 bits per heavy atom. The van der Waals surface area contributed by atoms with Crippen LogP contribution in [-0.4, -0.2) is 49.9 Å². The molecular weight excluding hydrogens is 275 g/mol. The van der Waals surface area contributed by atoms with Gasteiger partial charge in [0.25, 0.3) is 5.91 Å². The van der Waals surface area contributed by atoms with Crippen LogP contribution in [0.1, 0.15) is 10.4 Å². The van der Waals surface area contributed by atoms with Crippen molar-refractivity contribution in [3.63, 3.8) is 0 Å². The average molecular weight is 289 g/mol. The van der Waals surface area contributed by atoms with Gasteiger partial charge in [-0.05, 0) is 12.1 Å². The molecule has 0 spiro atoms. The largest absolute Gasteiger partial charge is 0.405 e. The zero-order valence-electron chi connectivity index (χ0n) is 10.6. The van der Waals surface area contributed by atoms with Gasteiger partial charge in [-0.2, -0.15) is 13.2 Å². The number of ether oxygens (including phenoxy) is 1. The van der Waals surface area contributed by atoms with Gasteiger partial charge < -0.3 is 15.0 Å². The highest BCUT2D eigenvalue weighted by Crippen LogP contribution is 2.19. The number of morpholine rings is 1. The second-order valence-corrected chi connectivity index (χ2v) is 4.27. The number of hydrogen-bond acceptors (Lipinski definition) is 4. The Morgan fingerprint density at radius 3 is 2.75 bits per heavy atom. The van der Waals surface area contributed by atoms with Crippen LogP contribution in [0.3, 0.4) is 0 Å². The number of anilines is 1. The summed E-state index contributed by atoms with van der Waals surface area (Å²) in [6.07, 6.45) is -2.93. The zero-order chi connectivity index (χ0) is 14.6. The molecule has 0 saturated carbocycles. The first-order valence-electron chi connectivity index (χ1n) is 6.10. The molecule has 1 aliphatic heterocycles. The maximum atomic E-state index is 12.1. The minimum absolute atomic E-state index is 0.138. The topological polar surface area (TPSA) is 54.5 Å². The number of alkyl halides is 3. The number of aromatic nitrogens is 1. The van der Waals surface area contributed by atoms with Gasteiger partial charge in [-0.25, -0.2) is 4.98 Å². The van der Waals surface area contributed by atoms with E-state index in [0.29, 0.717) is 32.1 Å². The van der Waals surface area contributed by atoms with Gasteiger partial charge in [0.1, 0.15) is 12.4 Å². The number of hydrogen-bond donors (Lipinski definition) is 1. The smallest absolute Gasteiger partial charge is 0.378 e. The summed E-state index contributed by atoms with van der Waals surface area (Å²) >= 11 is 0.